The molecule has 0 aliphatic rings. The van der Waals surface area contributed by atoms with Crippen LogP contribution < -0.4 is 9.62 Å². The number of carbonyl (C=O) groups excluding carboxylic acids is 2. The molecule has 2 amide bonds. The van der Waals surface area contributed by atoms with Gasteiger partial charge in [0.05, 0.1) is 10.6 Å². The number of hydrogen-bond donors (Lipinski definition) is 1. The van der Waals surface area contributed by atoms with Crippen molar-refractivity contribution in [3.8, 4) is 0 Å². The minimum absolute atomic E-state index is 0.0896. The van der Waals surface area contributed by atoms with Gasteiger partial charge in [0, 0.05) is 24.0 Å². The highest BCUT2D eigenvalue weighted by Gasteiger charge is 2.35. The second-order valence-electron chi connectivity index (χ2n) is 11.8. The van der Waals surface area contributed by atoms with Crippen LogP contribution in [0.3, 0.4) is 0 Å². The molecule has 9 heteroatoms. The lowest BCUT2D eigenvalue weighted by atomic mass is 10.0. The van der Waals surface area contributed by atoms with Crippen molar-refractivity contribution in [3.05, 3.63) is 130 Å². The van der Waals surface area contributed by atoms with Gasteiger partial charge in [-0.1, -0.05) is 115 Å². The maximum atomic E-state index is 14.6. The first-order chi connectivity index (χ1) is 22.0. The molecule has 0 radical (unpaired) electrons. The average Bonchev–Trinajstić information content (AvgIpc) is 3.05. The number of rotatable bonds is 14. The quantitative estimate of drug-likeness (QED) is 0.154. The molecule has 0 saturated carbocycles. The van der Waals surface area contributed by atoms with E-state index in [0.717, 1.165) is 26.7 Å². The fraction of sp³-hybridized carbons (Fsp3) is 0.297. The fourth-order valence-electron chi connectivity index (χ4n) is 5.17. The van der Waals surface area contributed by atoms with Gasteiger partial charge < -0.3 is 10.2 Å². The van der Waals surface area contributed by atoms with Crippen LogP contribution in [0.15, 0.2) is 112 Å². The minimum atomic E-state index is -4.16. The van der Waals surface area contributed by atoms with Crippen LogP contribution in [0.2, 0.25) is 0 Å². The highest BCUT2D eigenvalue weighted by Crippen LogP contribution is 2.29. The zero-order valence-corrected chi connectivity index (χ0v) is 29.2. The maximum absolute atomic E-state index is 14.6. The van der Waals surface area contributed by atoms with E-state index in [-0.39, 0.29) is 29.7 Å². The van der Waals surface area contributed by atoms with Crippen LogP contribution in [-0.2, 0) is 39.0 Å². The summed E-state index contributed by atoms with van der Waals surface area (Å²) in [7, 11) is -4.16. The SMILES string of the molecule is CCc1ccccc1N(CC(=O)N(Cc1ccc(Br)cc1)[C@H](Cc1ccccc1)C(=O)NCC(C)C)S(=O)(=O)c1ccc(C)cc1. The van der Waals surface area contributed by atoms with Gasteiger partial charge in [0.1, 0.15) is 12.6 Å². The van der Waals surface area contributed by atoms with Crippen LogP contribution in [0.5, 0.6) is 0 Å². The Morgan fingerprint density at radius 3 is 2.09 bits per heavy atom. The zero-order valence-electron chi connectivity index (χ0n) is 26.8. The van der Waals surface area contributed by atoms with Gasteiger partial charge >= 0.3 is 0 Å². The van der Waals surface area contributed by atoms with Gasteiger partial charge in [0.15, 0.2) is 0 Å². The predicted octanol–water partition coefficient (Wildman–Crippen LogP) is 6.93. The Bertz CT molecular complexity index is 1710. The molecule has 7 nitrogen and oxygen atoms in total. The maximum Gasteiger partial charge on any atom is 0.264 e. The van der Waals surface area contributed by atoms with E-state index in [1.807, 2.05) is 94.4 Å². The van der Waals surface area contributed by atoms with E-state index < -0.39 is 28.5 Å². The number of nitrogens with one attached hydrogen (secondary N) is 1. The summed E-state index contributed by atoms with van der Waals surface area (Å²) < 4.78 is 30.7. The van der Waals surface area contributed by atoms with Gasteiger partial charge in [-0.25, -0.2) is 8.42 Å². The van der Waals surface area contributed by atoms with E-state index in [4.69, 9.17) is 0 Å². The number of amides is 2. The van der Waals surface area contributed by atoms with E-state index >= 15 is 0 Å². The molecule has 0 heterocycles. The number of nitrogens with zero attached hydrogens (tertiary/aromatic N) is 2. The molecule has 0 fully saturated rings. The number of halogens is 1. The Morgan fingerprint density at radius 2 is 1.46 bits per heavy atom. The Labute approximate surface area is 281 Å². The molecule has 46 heavy (non-hydrogen) atoms. The van der Waals surface area contributed by atoms with Gasteiger partial charge in [-0.2, -0.15) is 0 Å². The van der Waals surface area contributed by atoms with Crippen LogP contribution in [0, 0.1) is 12.8 Å². The molecule has 1 atom stereocenters. The first-order valence-corrected chi connectivity index (χ1v) is 17.8. The third kappa shape index (κ3) is 9.07. The third-order valence-electron chi connectivity index (χ3n) is 7.75. The fourth-order valence-corrected chi connectivity index (χ4v) is 6.88. The Hall–Kier alpha value is -3.95. The van der Waals surface area contributed by atoms with Crippen molar-refractivity contribution < 1.29 is 18.0 Å². The molecule has 0 saturated heterocycles. The standard InChI is InChI=1S/C37H42BrN3O4S/c1-5-31-13-9-10-14-34(31)41(46(44,45)33-21-15-28(4)16-22-33)26-36(42)40(25-30-17-19-32(38)20-18-30)35(37(43)39-24-27(2)3)23-29-11-7-6-8-12-29/h6-22,27,35H,5,23-26H2,1-4H3,(H,39,43)/t35-/m1/s1. The Morgan fingerprint density at radius 1 is 0.826 bits per heavy atom. The molecule has 0 unspecified atom stereocenters. The molecule has 0 aromatic heterocycles. The van der Waals surface area contributed by atoms with E-state index in [9.17, 15) is 18.0 Å². The van der Waals surface area contributed by atoms with Crippen molar-refractivity contribution in [3.63, 3.8) is 0 Å². The molecular weight excluding hydrogens is 662 g/mol. The van der Waals surface area contributed by atoms with Gasteiger partial charge in [0.2, 0.25) is 11.8 Å². The molecule has 0 spiro atoms. The second-order valence-corrected chi connectivity index (χ2v) is 14.6. The lowest BCUT2D eigenvalue weighted by Gasteiger charge is -2.34. The van der Waals surface area contributed by atoms with Crippen molar-refractivity contribution in [2.24, 2.45) is 5.92 Å². The summed E-state index contributed by atoms with van der Waals surface area (Å²) in [6.45, 7) is 7.95. The number of sulfonamides is 1. The Balaban J connectivity index is 1.82. The average molecular weight is 705 g/mol. The first kappa shape index (κ1) is 34.9. The lowest BCUT2D eigenvalue weighted by molar-refractivity contribution is -0.140. The summed E-state index contributed by atoms with van der Waals surface area (Å²) in [5.74, 6) is -0.562. The number of aryl methyl sites for hydroxylation is 2. The van der Waals surface area contributed by atoms with E-state index in [1.165, 1.54) is 9.21 Å². The zero-order chi connectivity index (χ0) is 33.3. The summed E-state index contributed by atoms with van der Waals surface area (Å²) >= 11 is 3.47. The number of carbonyl (C=O) groups is 2. The van der Waals surface area contributed by atoms with E-state index in [0.29, 0.717) is 18.7 Å². The number of benzene rings is 4. The van der Waals surface area contributed by atoms with Crippen LogP contribution in [0.1, 0.15) is 43.0 Å². The lowest BCUT2D eigenvalue weighted by Crippen LogP contribution is -2.53. The smallest absolute Gasteiger partial charge is 0.264 e. The molecule has 242 valence electrons. The molecule has 1 N–H and O–H groups in total. The van der Waals surface area contributed by atoms with Gasteiger partial charge in [-0.15, -0.1) is 0 Å². The van der Waals surface area contributed by atoms with Crippen LogP contribution >= 0.6 is 15.9 Å². The predicted molar refractivity (Wildman–Crippen MR) is 188 cm³/mol. The summed E-state index contributed by atoms with van der Waals surface area (Å²) in [4.78, 5) is 30.2. The topological polar surface area (TPSA) is 86.8 Å². The largest absolute Gasteiger partial charge is 0.354 e. The van der Waals surface area contributed by atoms with Crippen LogP contribution in [0.4, 0.5) is 5.69 Å². The van der Waals surface area contributed by atoms with Crippen molar-refractivity contribution in [2.75, 3.05) is 17.4 Å². The van der Waals surface area contributed by atoms with Crippen LogP contribution in [-0.4, -0.2) is 44.3 Å². The molecule has 0 aliphatic carbocycles. The van der Waals surface area contributed by atoms with E-state index in [2.05, 4.69) is 21.2 Å². The van der Waals surface area contributed by atoms with Crippen LogP contribution in [0.25, 0.3) is 0 Å². The minimum Gasteiger partial charge on any atom is -0.354 e. The number of anilines is 1. The van der Waals surface area contributed by atoms with Gasteiger partial charge in [-0.05, 0) is 66.3 Å². The van der Waals surface area contributed by atoms with Gasteiger partial charge in [0.25, 0.3) is 10.0 Å². The summed E-state index contributed by atoms with van der Waals surface area (Å²) in [5.41, 5.74) is 3.86. The summed E-state index contributed by atoms with van der Waals surface area (Å²) in [6.07, 6.45) is 0.838. The van der Waals surface area contributed by atoms with Crippen molar-refractivity contribution >= 4 is 43.5 Å². The molecule has 0 bridgehead atoms. The molecular formula is C37H42BrN3O4S. The number of hydrogen-bond acceptors (Lipinski definition) is 4. The molecule has 4 aromatic rings. The highest BCUT2D eigenvalue weighted by molar-refractivity contribution is 9.10. The summed E-state index contributed by atoms with van der Waals surface area (Å²) in [6, 6.07) is 30.1. The highest BCUT2D eigenvalue weighted by atomic mass is 79.9. The first-order valence-electron chi connectivity index (χ1n) is 15.5. The molecule has 4 rings (SSSR count). The van der Waals surface area contributed by atoms with Crippen molar-refractivity contribution in [1.82, 2.24) is 10.2 Å². The molecule has 4 aromatic carbocycles. The van der Waals surface area contributed by atoms with E-state index in [1.54, 1.807) is 36.4 Å². The van der Waals surface area contributed by atoms with Gasteiger partial charge in [-0.3, -0.25) is 13.9 Å². The third-order valence-corrected chi connectivity index (χ3v) is 10.1. The monoisotopic (exact) mass is 703 g/mol. The normalized spacial score (nSPS) is 12.0. The Kier molecular flexibility index (Phi) is 12.2. The second kappa shape index (κ2) is 16.1. The van der Waals surface area contributed by atoms with Crippen molar-refractivity contribution in [2.45, 2.75) is 58.0 Å². The molecule has 0 aliphatic heterocycles. The number of para-hydroxylation sites is 1. The summed E-state index contributed by atoms with van der Waals surface area (Å²) in [5, 5.41) is 3.03. The van der Waals surface area contributed by atoms with Crippen molar-refractivity contribution in [1.29, 1.82) is 0 Å².